The van der Waals surface area contributed by atoms with E-state index < -0.39 is 0 Å². The lowest BCUT2D eigenvalue weighted by atomic mass is 10.1. The van der Waals surface area contributed by atoms with Gasteiger partial charge in [0.1, 0.15) is 5.75 Å². The van der Waals surface area contributed by atoms with Crippen molar-refractivity contribution in [1.29, 1.82) is 0 Å². The standard InChI is InChI=1S/C18H17N3O2/c1-13-16(15-9-5-6-10-17(15)20-13)11-19-21-18(22)12-23-14-7-3-2-4-8-14/h2-11,20H,12H2,1H3,(H,21,22)/b19-11-. The maximum atomic E-state index is 11.7. The van der Waals surface area contributed by atoms with Gasteiger partial charge in [0.05, 0.1) is 6.21 Å². The molecular weight excluding hydrogens is 290 g/mol. The topological polar surface area (TPSA) is 66.5 Å². The lowest BCUT2D eigenvalue weighted by Gasteiger charge is -2.04. The summed E-state index contributed by atoms with van der Waals surface area (Å²) < 4.78 is 5.36. The average molecular weight is 307 g/mol. The number of aromatic amines is 1. The molecule has 1 aromatic heterocycles. The van der Waals surface area contributed by atoms with Crippen molar-refractivity contribution >= 4 is 23.0 Å². The number of nitrogens with zero attached hydrogens (tertiary/aromatic N) is 1. The van der Waals surface area contributed by atoms with Gasteiger partial charge in [-0.15, -0.1) is 0 Å². The summed E-state index contributed by atoms with van der Waals surface area (Å²) in [5.41, 5.74) is 5.49. The number of hydrogen-bond acceptors (Lipinski definition) is 3. The summed E-state index contributed by atoms with van der Waals surface area (Å²) in [6.07, 6.45) is 1.65. The lowest BCUT2D eigenvalue weighted by molar-refractivity contribution is -0.123. The Kier molecular flexibility index (Phi) is 4.38. The third kappa shape index (κ3) is 3.58. The molecule has 0 unspecified atom stereocenters. The van der Waals surface area contributed by atoms with Gasteiger partial charge in [-0.3, -0.25) is 4.79 Å². The summed E-state index contributed by atoms with van der Waals surface area (Å²) in [6.45, 7) is 1.90. The fourth-order valence-electron chi connectivity index (χ4n) is 2.33. The van der Waals surface area contributed by atoms with Gasteiger partial charge in [-0.25, -0.2) is 5.43 Å². The molecule has 0 spiro atoms. The first-order valence-electron chi connectivity index (χ1n) is 7.31. The summed E-state index contributed by atoms with van der Waals surface area (Å²) in [5, 5.41) is 5.09. The van der Waals surface area contributed by atoms with Crippen molar-refractivity contribution in [3.05, 3.63) is 65.9 Å². The Bertz CT molecular complexity index is 838. The SMILES string of the molecule is Cc1[nH]c2ccccc2c1/C=N\NC(=O)COc1ccccc1. The van der Waals surface area contributed by atoms with E-state index in [0.29, 0.717) is 5.75 Å². The minimum Gasteiger partial charge on any atom is -0.484 e. The molecule has 0 aliphatic rings. The van der Waals surface area contributed by atoms with Crippen LogP contribution in [0, 0.1) is 6.92 Å². The number of hydrogen-bond donors (Lipinski definition) is 2. The number of carbonyl (C=O) groups is 1. The fourth-order valence-corrected chi connectivity index (χ4v) is 2.33. The van der Waals surface area contributed by atoms with Crippen molar-refractivity contribution in [3.63, 3.8) is 0 Å². The van der Waals surface area contributed by atoms with Crippen molar-refractivity contribution in [3.8, 4) is 5.75 Å². The highest BCUT2D eigenvalue weighted by molar-refractivity contribution is 6.00. The van der Waals surface area contributed by atoms with Crippen molar-refractivity contribution in [2.45, 2.75) is 6.92 Å². The number of rotatable bonds is 5. The maximum absolute atomic E-state index is 11.7. The molecule has 0 radical (unpaired) electrons. The Morgan fingerprint density at radius 1 is 1.17 bits per heavy atom. The zero-order chi connectivity index (χ0) is 16.1. The van der Waals surface area contributed by atoms with Gasteiger partial charge in [-0.05, 0) is 25.1 Å². The van der Waals surface area contributed by atoms with E-state index in [-0.39, 0.29) is 12.5 Å². The first kappa shape index (κ1) is 14.8. The van der Waals surface area contributed by atoms with Gasteiger partial charge in [0.2, 0.25) is 0 Å². The monoisotopic (exact) mass is 307 g/mol. The van der Waals surface area contributed by atoms with Gasteiger partial charge in [0, 0.05) is 22.2 Å². The highest BCUT2D eigenvalue weighted by Crippen LogP contribution is 2.19. The zero-order valence-electron chi connectivity index (χ0n) is 12.7. The first-order chi connectivity index (χ1) is 11.2. The van der Waals surface area contributed by atoms with Crippen LogP contribution in [0.2, 0.25) is 0 Å². The third-order valence-corrected chi connectivity index (χ3v) is 3.44. The minimum absolute atomic E-state index is 0.0752. The van der Waals surface area contributed by atoms with Gasteiger partial charge >= 0.3 is 0 Å². The number of carbonyl (C=O) groups excluding carboxylic acids is 1. The van der Waals surface area contributed by atoms with E-state index in [2.05, 4.69) is 15.5 Å². The molecule has 116 valence electrons. The van der Waals surface area contributed by atoms with Crippen LogP contribution >= 0.6 is 0 Å². The summed E-state index contributed by atoms with van der Waals surface area (Å²) in [6, 6.07) is 17.2. The van der Waals surface area contributed by atoms with Crippen LogP contribution in [0.5, 0.6) is 5.75 Å². The Labute approximate surface area is 134 Å². The minimum atomic E-state index is -0.303. The van der Waals surface area contributed by atoms with Crippen LogP contribution < -0.4 is 10.2 Å². The molecule has 0 aliphatic carbocycles. The normalized spacial score (nSPS) is 11.0. The predicted molar refractivity (Wildman–Crippen MR) is 90.7 cm³/mol. The van der Waals surface area contributed by atoms with Crippen LogP contribution in [-0.4, -0.2) is 23.7 Å². The molecule has 3 rings (SSSR count). The molecule has 5 heteroatoms. The van der Waals surface area contributed by atoms with Crippen LogP contribution in [0.25, 0.3) is 10.9 Å². The molecule has 23 heavy (non-hydrogen) atoms. The van der Waals surface area contributed by atoms with Gasteiger partial charge in [0.15, 0.2) is 6.61 Å². The number of para-hydroxylation sites is 2. The highest BCUT2D eigenvalue weighted by atomic mass is 16.5. The largest absolute Gasteiger partial charge is 0.484 e. The molecule has 3 aromatic rings. The molecule has 0 fully saturated rings. The molecule has 2 N–H and O–H groups in total. The molecule has 5 nitrogen and oxygen atoms in total. The van der Waals surface area contributed by atoms with E-state index in [1.165, 1.54) is 0 Å². The Morgan fingerprint density at radius 3 is 2.74 bits per heavy atom. The summed E-state index contributed by atoms with van der Waals surface area (Å²) >= 11 is 0. The number of hydrazone groups is 1. The first-order valence-corrected chi connectivity index (χ1v) is 7.31. The molecule has 1 heterocycles. The van der Waals surface area contributed by atoms with Crippen molar-refractivity contribution in [2.24, 2.45) is 5.10 Å². The maximum Gasteiger partial charge on any atom is 0.277 e. The molecule has 0 saturated heterocycles. The van der Waals surface area contributed by atoms with E-state index in [1.807, 2.05) is 49.4 Å². The number of fused-ring (bicyclic) bond motifs is 1. The van der Waals surface area contributed by atoms with Gasteiger partial charge < -0.3 is 9.72 Å². The van der Waals surface area contributed by atoms with Crippen LogP contribution in [0.15, 0.2) is 59.7 Å². The van der Waals surface area contributed by atoms with E-state index in [4.69, 9.17) is 4.74 Å². The molecule has 0 saturated carbocycles. The summed E-state index contributed by atoms with van der Waals surface area (Å²) in [4.78, 5) is 15.0. The van der Waals surface area contributed by atoms with Crippen LogP contribution in [-0.2, 0) is 4.79 Å². The Morgan fingerprint density at radius 2 is 1.91 bits per heavy atom. The number of aryl methyl sites for hydroxylation is 1. The second kappa shape index (κ2) is 6.79. The predicted octanol–water partition coefficient (Wildman–Crippen LogP) is 3.01. The van der Waals surface area contributed by atoms with Crippen molar-refractivity contribution in [1.82, 2.24) is 10.4 Å². The zero-order valence-corrected chi connectivity index (χ0v) is 12.7. The van der Waals surface area contributed by atoms with E-state index >= 15 is 0 Å². The van der Waals surface area contributed by atoms with Crippen LogP contribution in [0.4, 0.5) is 0 Å². The number of H-pyrrole nitrogens is 1. The van der Waals surface area contributed by atoms with Gasteiger partial charge in [-0.1, -0.05) is 36.4 Å². The van der Waals surface area contributed by atoms with Crippen LogP contribution in [0.3, 0.4) is 0 Å². The van der Waals surface area contributed by atoms with E-state index in [0.717, 1.165) is 22.2 Å². The number of aromatic nitrogens is 1. The number of nitrogens with one attached hydrogen (secondary N) is 2. The van der Waals surface area contributed by atoms with Crippen LogP contribution in [0.1, 0.15) is 11.3 Å². The molecular formula is C18H17N3O2. The van der Waals surface area contributed by atoms with Crippen molar-refractivity contribution in [2.75, 3.05) is 6.61 Å². The number of benzene rings is 2. The van der Waals surface area contributed by atoms with E-state index in [1.54, 1.807) is 18.3 Å². The fraction of sp³-hybridized carbons (Fsp3) is 0.111. The third-order valence-electron chi connectivity index (χ3n) is 3.44. The quantitative estimate of drug-likeness (QED) is 0.562. The smallest absolute Gasteiger partial charge is 0.277 e. The molecule has 0 aliphatic heterocycles. The number of amides is 1. The van der Waals surface area contributed by atoms with E-state index in [9.17, 15) is 4.79 Å². The van der Waals surface area contributed by atoms with Crippen molar-refractivity contribution < 1.29 is 9.53 Å². The Balaban J connectivity index is 1.60. The Hall–Kier alpha value is -3.08. The number of ether oxygens (including phenoxy) is 1. The lowest BCUT2D eigenvalue weighted by Crippen LogP contribution is -2.24. The molecule has 2 aromatic carbocycles. The van der Waals surface area contributed by atoms with Gasteiger partial charge in [0.25, 0.3) is 5.91 Å². The second-order valence-corrected chi connectivity index (χ2v) is 5.10. The second-order valence-electron chi connectivity index (χ2n) is 5.10. The highest BCUT2D eigenvalue weighted by Gasteiger charge is 2.05. The summed E-state index contributed by atoms with van der Waals surface area (Å²) in [7, 11) is 0. The van der Waals surface area contributed by atoms with Gasteiger partial charge in [-0.2, -0.15) is 5.10 Å². The molecule has 1 amide bonds. The average Bonchev–Trinajstić information content (AvgIpc) is 2.90. The molecule has 0 atom stereocenters. The molecule has 0 bridgehead atoms. The summed E-state index contributed by atoms with van der Waals surface area (Å²) in [5.74, 6) is 0.349.